The van der Waals surface area contributed by atoms with E-state index in [1.54, 1.807) is 18.4 Å². The zero-order valence-electron chi connectivity index (χ0n) is 17.0. The molecule has 2 aromatic carbocycles. The van der Waals surface area contributed by atoms with Gasteiger partial charge in [0.05, 0.1) is 19.0 Å². The minimum atomic E-state index is -0.643. The molecule has 1 N–H and O–H groups in total. The van der Waals surface area contributed by atoms with Crippen molar-refractivity contribution in [3.63, 3.8) is 0 Å². The lowest BCUT2D eigenvalue weighted by Gasteiger charge is -2.26. The van der Waals surface area contributed by atoms with E-state index in [2.05, 4.69) is 36.9 Å². The smallest absolute Gasteiger partial charge is 0.129 e. The molecule has 3 rings (SSSR count). The molecule has 0 saturated carbocycles. The number of halogens is 1. The highest BCUT2D eigenvalue weighted by molar-refractivity contribution is 5.30. The molecule has 4 nitrogen and oxygen atoms in total. The average Bonchev–Trinajstić information content (AvgIpc) is 3.20. The highest BCUT2D eigenvalue weighted by Gasteiger charge is 2.15. The predicted molar refractivity (Wildman–Crippen MR) is 111 cm³/mol. The van der Waals surface area contributed by atoms with E-state index in [0.29, 0.717) is 26.2 Å². The Kier molecular flexibility index (Phi) is 7.58. The molecule has 0 fully saturated rings. The Morgan fingerprint density at radius 2 is 1.86 bits per heavy atom. The number of hydrogen-bond acceptors (Lipinski definition) is 4. The van der Waals surface area contributed by atoms with Gasteiger partial charge in [0.2, 0.25) is 0 Å². The summed E-state index contributed by atoms with van der Waals surface area (Å²) < 4.78 is 24.1. The average molecular weight is 397 g/mol. The quantitative estimate of drug-likeness (QED) is 0.542. The van der Waals surface area contributed by atoms with Gasteiger partial charge in [0.1, 0.15) is 18.2 Å². The Bertz CT molecular complexity index is 878. The fourth-order valence-corrected chi connectivity index (χ4v) is 3.29. The monoisotopic (exact) mass is 397 g/mol. The van der Waals surface area contributed by atoms with Gasteiger partial charge in [-0.1, -0.05) is 35.9 Å². The Labute approximate surface area is 171 Å². The van der Waals surface area contributed by atoms with Crippen molar-refractivity contribution in [3.8, 4) is 0 Å². The van der Waals surface area contributed by atoms with E-state index in [9.17, 15) is 9.50 Å². The van der Waals surface area contributed by atoms with Crippen molar-refractivity contribution in [1.29, 1.82) is 0 Å². The molecule has 1 heterocycles. The molecule has 29 heavy (non-hydrogen) atoms. The largest absolute Gasteiger partial charge is 0.467 e. The van der Waals surface area contributed by atoms with Crippen LogP contribution in [0.5, 0.6) is 0 Å². The Hall–Kier alpha value is -2.47. The lowest BCUT2D eigenvalue weighted by atomic mass is 10.0. The number of aliphatic hydroxyl groups is 1. The molecule has 0 aliphatic carbocycles. The molecule has 0 aliphatic heterocycles. The summed E-state index contributed by atoms with van der Waals surface area (Å²) in [6.45, 7) is 6.47. The van der Waals surface area contributed by atoms with E-state index in [0.717, 1.165) is 11.3 Å². The van der Waals surface area contributed by atoms with Crippen LogP contribution in [0.4, 0.5) is 4.39 Å². The molecule has 0 saturated heterocycles. The minimum absolute atomic E-state index is 0.216. The zero-order chi connectivity index (χ0) is 20.6. The number of aliphatic hydroxyl groups excluding tert-OH is 1. The summed E-state index contributed by atoms with van der Waals surface area (Å²) in [6, 6.07) is 16.5. The van der Waals surface area contributed by atoms with Gasteiger partial charge in [-0.3, -0.25) is 4.90 Å². The number of aryl methyl sites for hydroxylation is 2. The number of nitrogens with zero attached hydrogens (tertiary/aromatic N) is 1. The van der Waals surface area contributed by atoms with Gasteiger partial charge in [-0.15, -0.1) is 0 Å². The van der Waals surface area contributed by atoms with Crippen LogP contribution in [0.1, 0.15) is 28.0 Å². The molecule has 1 aromatic heterocycles. The van der Waals surface area contributed by atoms with Crippen molar-refractivity contribution >= 4 is 0 Å². The fraction of sp³-hybridized carbons (Fsp3) is 0.333. The van der Waals surface area contributed by atoms with E-state index < -0.39 is 6.10 Å². The SMILES string of the molecule is Cc1ccc(C)c(CN(Cc2ccc(F)cc2)CC(O)COCc2ccco2)c1. The van der Waals surface area contributed by atoms with E-state index in [4.69, 9.17) is 9.15 Å². The molecule has 3 aromatic rings. The fourth-order valence-electron chi connectivity index (χ4n) is 3.29. The van der Waals surface area contributed by atoms with Gasteiger partial charge in [-0.2, -0.15) is 0 Å². The molecule has 0 amide bonds. The van der Waals surface area contributed by atoms with Crippen LogP contribution in [0.15, 0.2) is 65.3 Å². The maximum Gasteiger partial charge on any atom is 0.129 e. The molecular weight excluding hydrogens is 369 g/mol. The van der Waals surface area contributed by atoms with Crippen LogP contribution in [-0.4, -0.2) is 29.3 Å². The first-order chi connectivity index (χ1) is 14.0. The van der Waals surface area contributed by atoms with Crippen LogP contribution >= 0.6 is 0 Å². The standard InChI is InChI=1S/C24H28FNO3/c1-18-5-6-19(2)21(12-18)14-26(13-20-7-9-22(25)10-8-20)15-23(27)16-28-17-24-4-3-11-29-24/h3-12,23,27H,13-17H2,1-2H3. The summed E-state index contributed by atoms with van der Waals surface area (Å²) >= 11 is 0. The number of benzene rings is 2. The van der Waals surface area contributed by atoms with Crippen LogP contribution in [0.25, 0.3) is 0 Å². The lowest BCUT2D eigenvalue weighted by molar-refractivity contribution is 0.00250. The van der Waals surface area contributed by atoms with Gasteiger partial charge < -0.3 is 14.3 Å². The first-order valence-corrected chi connectivity index (χ1v) is 9.80. The van der Waals surface area contributed by atoms with Crippen molar-refractivity contribution in [2.75, 3.05) is 13.2 Å². The second-order valence-electron chi connectivity index (χ2n) is 7.47. The molecule has 5 heteroatoms. The molecule has 0 spiro atoms. The Balaban J connectivity index is 1.64. The van der Waals surface area contributed by atoms with Gasteiger partial charge >= 0.3 is 0 Å². The summed E-state index contributed by atoms with van der Waals surface area (Å²) in [5.41, 5.74) is 4.63. The highest BCUT2D eigenvalue weighted by Crippen LogP contribution is 2.16. The van der Waals surface area contributed by atoms with E-state index in [1.165, 1.54) is 28.8 Å². The topological polar surface area (TPSA) is 45.8 Å². The van der Waals surface area contributed by atoms with Gasteiger partial charge in [-0.05, 0) is 54.8 Å². The van der Waals surface area contributed by atoms with Crippen molar-refractivity contribution in [2.45, 2.75) is 39.6 Å². The van der Waals surface area contributed by atoms with E-state index >= 15 is 0 Å². The predicted octanol–water partition coefficient (Wildman–Crippen LogP) is 4.62. The molecule has 0 aliphatic rings. The Morgan fingerprint density at radius 1 is 1.07 bits per heavy atom. The highest BCUT2D eigenvalue weighted by atomic mass is 19.1. The third-order valence-electron chi connectivity index (χ3n) is 4.82. The van der Waals surface area contributed by atoms with Gasteiger partial charge in [0, 0.05) is 19.6 Å². The summed E-state index contributed by atoms with van der Waals surface area (Å²) in [5.74, 6) is 0.483. The van der Waals surface area contributed by atoms with Gasteiger partial charge in [-0.25, -0.2) is 4.39 Å². The molecule has 0 radical (unpaired) electrons. The normalized spacial score (nSPS) is 12.4. The van der Waals surface area contributed by atoms with Crippen LogP contribution in [0.2, 0.25) is 0 Å². The Morgan fingerprint density at radius 3 is 2.59 bits per heavy atom. The first kappa shape index (κ1) is 21.2. The van der Waals surface area contributed by atoms with E-state index in [1.807, 2.05) is 12.1 Å². The number of hydrogen-bond donors (Lipinski definition) is 1. The van der Waals surface area contributed by atoms with E-state index in [-0.39, 0.29) is 12.4 Å². The molecule has 1 atom stereocenters. The molecule has 154 valence electrons. The van der Waals surface area contributed by atoms with Crippen molar-refractivity contribution in [2.24, 2.45) is 0 Å². The first-order valence-electron chi connectivity index (χ1n) is 9.80. The zero-order valence-corrected chi connectivity index (χ0v) is 17.0. The maximum atomic E-state index is 13.3. The third kappa shape index (κ3) is 6.82. The van der Waals surface area contributed by atoms with Crippen LogP contribution < -0.4 is 0 Å². The van der Waals surface area contributed by atoms with Crippen LogP contribution in [0.3, 0.4) is 0 Å². The van der Waals surface area contributed by atoms with Crippen molar-refractivity contribution in [3.05, 3.63) is 94.7 Å². The van der Waals surface area contributed by atoms with Crippen molar-refractivity contribution < 1.29 is 18.7 Å². The molecular formula is C24H28FNO3. The summed E-state index contributed by atoms with van der Waals surface area (Å²) in [6.07, 6.45) is 0.958. The second kappa shape index (κ2) is 10.3. The second-order valence-corrected chi connectivity index (χ2v) is 7.47. The summed E-state index contributed by atoms with van der Waals surface area (Å²) in [5, 5.41) is 10.5. The maximum absolute atomic E-state index is 13.3. The number of furan rings is 1. The number of rotatable bonds is 10. The number of ether oxygens (including phenoxy) is 1. The van der Waals surface area contributed by atoms with Gasteiger partial charge in [0.15, 0.2) is 0 Å². The molecule has 1 unspecified atom stereocenters. The van der Waals surface area contributed by atoms with Gasteiger partial charge in [0.25, 0.3) is 0 Å². The van der Waals surface area contributed by atoms with Crippen molar-refractivity contribution in [1.82, 2.24) is 4.90 Å². The summed E-state index contributed by atoms with van der Waals surface area (Å²) in [7, 11) is 0. The van der Waals surface area contributed by atoms with Crippen LogP contribution in [-0.2, 0) is 24.4 Å². The van der Waals surface area contributed by atoms with Crippen LogP contribution in [0, 0.1) is 19.7 Å². The third-order valence-corrected chi connectivity index (χ3v) is 4.82. The molecule has 0 bridgehead atoms. The summed E-state index contributed by atoms with van der Waals surface area (Å²) in [4.78, 5) is 2.16. The minimum Gasteiger partial charge on any atom is -0.467 e. The lowest BCUT2D eigenvalue weighted by Crippen LogP contribution is -2.34.